The predicted molar refractivity (Wildman–Crippen MR) is 144 cm³/mol. The molecule has 0 spiro atoms. The maximum Gasteiger partial charge on any atom is 0.326 e. The van der Waals surface area contributed by atoms with Gasteiger partial charge in [0.05, 0.1) is 19.3 Å². The standard InChI is InChI=1S/C24H37N5O10S/c1-12(32)19(25)23(37)26-15(7-8-40-2)20(34)28-18(11-31)22(36)29-17(10-30)21(35)27-16(24(38)39)9-13-3-5-14(33)6-4-13/h3-6,12,15-19,30-33H,7-11,25H2,1-2H3,(H,26,37)(H,27,35)(H,28,34)(H,29,36)(H,38,39)/t12-,15+,16+,17+,18+,19+/m1/s1. The highest BCUT2D eigenvalue weighted by atomic mass is 32.2. The number of thioether (sulfide) groups is 1. The zero-order valence-corrected chi connectivity index (χ0v) is 22.9. The molecule has 0 saturated heterocycles. The minimum absolute atomic E-state index is 0.0328. The van der Waals surface area contributed by atoms with Crippen LogP contribution in [0.15, 0.2) is 24.3 Å². The van der Waals surface area contributed by atoms with Gasteiger partial charge in [0.1, 0.15) is 36.0 Å². The average molecular weight is 588 g/mol. The zero-order valence-electron chi connectivity index (χ0n) is 22.1. The van der Waals surface area contributed by atoms with Crippen LogP contribution in [0.25, 0.3) is 0 Å². The first-order valence-corrected chi connectivity index (χ1v) is 13.6. The number of nitrogens with two attached hydrogens (primary N) is 1. The Morgan fingerprint density at radius 1 is 0.825 bits per heavy atom. The lowest BCUT2D eigenvalue weighted by atomic mass is 10.1. The van der Waals surface area contributed by atoms with E-state index in [-0.39, 0.29) is 18.6 Å². The molecule has 0 fully saturated rings. The van der Waals surface area contributed by atoms with Crippen LogP contribution in [0.5, 0.6) is 5.75 Å². The molecule has 11 N–H and O–H groups in total. The van der Waals surface area contributed by atoms with Crippen molar-refractivity contribution < 1.29 is 49.5 Å². The van der Waals surface area contributed by atoms with Crippen LogP contribution in [-0.2, 0) is 30.4 Å². The summed E-state index contributed by atoms with van der Waals surface area (Å²) in [5.41, 5.74) is 6.08. The van der Waals surface area contributed by atoms with Gasteiger partial charge >= 0.3 is 5.97 Å². The summed E-state index contributed by atoms with van der Waals surface area (Å²) in [6.07, 6.45) is 0.542. The van der Waals surface area contributed by atoms with E-state index in [2.05, 4.69) is 21.3 Å². The number of carboxylic acid groups (broad SMARTS) is 1. The molecule has 1 aromatic rings. The first-order valence-electron chi connectivity index (χ1n) is 12.2. The van der Waals surface area contributed by atoms with Gasteiger partial charge in [0, 0.05) is 6.42 Å². The van der Waals surface area contributed by atoms with Crippen molar-refractivity contribution in [2.45, 2.75) is 56.1 Å². The van der Waals surface area contributed by atoms with E-state index in [1.54, 1.807) is 6.26 Å². The van der Waals surface area contributed by atoms with E-state index >= 15 is 0 Å². The Kier molecular flexibility index (Phi) is 15.0. The predicted octanol–water partition coefficient (Wildman–Crippen LogP) is -3.60. The quantitative estimate of drug-likeness (QED) is 0.0848. The van der Waals surface area contributed by atoms with Gasteiger partial charge in [-0.2, -0.15) is 11.8 Å². The zero-order chi connectivity index (χ0) is 30.4. The molecule has 40 heavy (non-hydrogen) atoms. The number of hydrogen-bond acceptors (Lipinski definition) is 11. The third-order valence-electron chi connectivity index (χ3n) is 5.69. The van der Waals surface area contributed by atoms with Gasteiger partial charge in [0.2, 0.25) is 23.6 Å². The van der Waals surface area contributed by atoms with Crippen LogP contribution in [0.1, 0.15) is 18.9 Å². The molecule has 224 valence electrons. The fraction of sp³-hybridized carbons (Fsp3) is 0.542. The second kappa shape index (κ2) is 17.3. The number of phenols is 1. The fourth-order valence-corrected chi connectivity index (χ4v) is 3.74. The number of benzene rings is 1. The number of nitrogens with one attached hydrogen (secondary N) is 4. The second-order valence-electron chi connectivity index (χ2n) is 8.87. The van der Waals surface area contributed by atoms with Crippen molar-refractivity contribution in [1.82, 2.24) is 21.3 Å². The Morgan fingerprint density at radius 3 is 1.70 bits per heavy atom. The van der Waals surface area contributed by atoms with Crippen LogP contribution in [0.4, 0.5) is 0 Å². The molecule has 0 radical (unpaired) electrons. The molecule has 0 aliphatic carbocycles. The lowest BCUT2D eigenvalue weighted by Gasteiger charge is -2.25. The van der Waals surface area contributed by atoms with Crippen molar-refractivity contribution in [2.75, 3.05) is 25.2 Å². The van der Waals surface area contributed by atoms with E-state index in [0.29, 0.717) is 11.3 Å². The van der Waals surface area contributed by atoms with E-state index in [9.17, 15) is 49.5 Å². The van der Waals surface area contributed by atoms with Crippen molar-refractivity contribution in [3.63, 3.8) is 0 Å². The van der Waals surface area contributed by atoms with E-state index in [1.807, 2.05) is 0 Å². The van der Waals surface area contributed by atoms with Gasteiger partial charge in [-0.25, -0.2) is 4.79 Å². The van der Waals surface area contributed by atoms with Gasteiger partial charge in [0.15, 0.2) is 0 Å². The molecule has 0 unspecified atom stereocenters. The van der Waals surface area contributed by atoms with Gasteiger partial charge in [-0.3, -0.25) is 19.2 Å². The third-order valence-corrected chi connectivity index (χ3v) is 6.33. The van der Waals surface area contributed by atoms with Crippen LogP contribution in [-0.4, -0.2) is 117 Å². The molecule has 0 aromatic heterocycles. The summed E-state index contributed by atoms with van der Waals surface area (Å²) in [4.78, 5) is 62.1. The fourth-order valence-electron chi connectivity index (χ4n) is 3.26. The molecule has 0 saturated carbocycles. The van der Waals surface area contributed by atoms with E-state index in [4.69, 9.17) is 5.73 Å². The SMILES string of the molecule is CSCC[C@H](NC(=O)[C@@H](N)[C@@H](C)O)C(=O)N[C@@H](CO)C(=O)N[C@@H](CO)C(=O)N[C@@H](Cc1ccc(O)cc1)C(=O)O. The average Bonchev–Trinajstić information content (AvgIpc) is 2.92. The maximum absolute atomic E-state index is 12.8. The van der Waals surface area contributed by atoms with Crippen LogP contribution in [0, 0.1) is 0 Å². The first kappa shape index (κ1) is 34.6. The minimum Gasteiger partial charge on any atom is -0.508 e. The number of aliphatic hydroxyl groups excluding tert-OH is 3. The number of aromatic hydroxyl groups is 1. The molecule has 1 aromatic carbocycles. The molecule has 0 aliphatic heterocycles. The normalized spacial score (nSPS) is 15.4. The Hall–Kier alpha value is -3.44. The number of hydrogen-bond donors (Lipinski definition) is 10. The number of rotatable bonds is 17. The van der Waals surface area contributed by atoms with Gasteiger partial charge in [-0.1, -0.05) is 12.1 Å². The molecule has 0 aliphatic rings. The molecule has 15 nitrogen and oxygen atoms in total. The molecular weight excluding hydrogens is 550 g/mol. The highest BCUT2D eigenvalue weighted by Crippen LogP contribution is 2.11. The van der Waals surface area contributed by atoms with Crippen LogP contribution in [0.3, 0.4) is 0 Å². The van der Waals surface area contributed by atoms with Crippen LogP contribution < -0.4 is 27.0 Å². The van der Waals surface area contributed by atoms with E-state index < -0.39 is 79.1 Å². The molecular formula is C24H37N5O10S. The summed E-state index contributed by atoms with van der Waals surface area (Å²) in [5, 5.41) is 56.7. The Bertz CT molecular complexity index is 1010. The Morgan fingerprint density at radius 2 is 1.27 bits per heavy atom. The van der Waals surface area contributed by atoms with Gasteiger partial charge in [-0.15, -0.1) is 0 Å². The number of phenolic OH excluding ortho intramolecular Hbond substituents is 1. The molecule has 0 bridgehead atoms. The molecule has 0 heterocycles. The van der Waals surface area contributed by atoms with Gasteiger partial charge < -0.3 is 52.5 Å². The summed E-state index contributed by atoms with van der Waals surface area (Å²) in [7, 11) is 0. The third kappa shape index (κ3) is 11.4. The van der Waals surface area contributed by atoms with Gasteiger partial charge in [0.25, 0.3) is 0 Å². The Labute approximate surface area is 234 Å². The topological polar surface area (TPSA) is 261 Å². The van der Waals surface area contributed by atoms with Crippen LogP contribution in [0.2, 0.25) is 0 Å². The number of amides is 4. The van der Waals surface area contributed by atoms with Crippen molar-refractivity contribution in [3.8, 4) is 5.75 Å². The maximum atomic E-state index is 12.8. The lowest BCUT2D eigenvalue weighted by molar-refractivity contribution is -0.142. The number of carbonyl (C=O) groups excluding carboxylic acids is 4. The number of carboxylic acids is 1. The molecule has 4 amide bonds. The smallest absolute Gasteiger partial charge is 0.326 e. The van der Waals surface area contributed by atoms with Crippen molar-refractivity contribution in [2.24, 2.45) is 5.73 Å². The first-order chi connectivity index (χ1) is 18.8. The largest absolute Gasteiger partial charge is 0.508 e. The Balaban J connectivity index is 2.88. The summed E-state index contributed by atoms with van der Waals surface area (Å²) in [6, 6.07) is -1.53. The van der Waals surface area contributed by atoms with E-state index in [1.165, 1.54) is 43.0 Å². The lowest BCUT2D eigenvalue weighted by Crippen LogP contribution is -2.60. The van der Waals surface area contributed by atoms with Gasteiger partial charge in [-0.05, 0) is 43.0 Å². The highest BCUT2D eigenvalue weighted by Gasteiger charge is 2.31. The summed E-state index contributed by atoms with van der Waals surface area (Å²) in [5.74, 6) is -4.75. The minimum atomic E-state index is -1.63. The summed E-state index contributed by atoms with van der Waals surface area (Å²) >= 11 is 1.38. The number of carbonyl (C=O) groups is 5. The molecule has 16 heteroatoms. The molecule has 6 atom stereocenters. The molecule has 1 rings (SSSR count). The van der Waals surface area contributed by atoms with Crippen molar-refractivity contribution >= 4 is 41.4 Å². The van der Waals surface area contributed by atoms with Crippen molar-refractivity contribution in [3.05, 3.63) is 29.8 Å². The highest BCUT2D eigenvalue weighted by molar-refractivity contribution is 7.98. The summed E-state index contributed by atoms with van der Waals surface area (Å²) in [6.45, 7) is -0.543. The monoisotopic (exact) mass is 587 g/mol. The summed E-state index contributed by atoms with van der Waals surface area (Å²) < 4.78 is 0. The number of aliphatic carboxylic acids is 1. The van der Waals surface area contributed by atoms with E-state index in [0.717, 1.165) is 0 Å². The van der Waals surface area contributed by atoms with Crippen LogP contribution >= 0.6 is 11.8 Å². The number of aliphatic hydroxyl groups is 3. The second-order valence-corrected chi connectivity index (χ2v) is 9.85. The van der Waals surface area contributed by atoms with Crippen molar-refractivity contribution in [1.29, 1.82) is 0 Å².